The summed E-state index contributed by atoms with van der Waals surface area (Å²) in [4.78, 5) is 11.9. The van der Waals surface area contributed by atoms with Gasteiger partial charge in [0.25, 0.3) is 0 Å². The molecule has 0 saturated heterocycles. The van der Waals surface area contributed by atoms with Crippen molar-refractivity contribution in [2.24, 2.45) is 0 Å². The van der Waals surface area contributed by atoms with Crippen LogP contribution in [-0.2, 0) is 0 Å². The van der Waals surface area contributed by atoms with Gasteiger partial charge in [-0.05, 0) is 24.3 Å². The smallest absolute Gasteiger partial charge is 0.319 e. The highest BCUT2D eigenvalue weighted by Gasteiger charge is 2.06. The number of nitrogens with one attached hydrogen (secondary N) is 2. The number of halogens is 1. The Morgan fingerprint density at radius 1 is 1.04 bits per heavy atom. The van der Waals surface area contributed by atoms with E-state index in [2.05, 4.69) is 22.5 Å². The molecule has 2 aromatic carbocycles. The maximum Gasteiger partial charge on any atom is 0.319 e. The third-order valence-corrected chi connectivity index (χ3v) is 3.55. The van der Waals surface area contributed by atoms with Crippen LogP contribution in [0.15, 0.2) is 42.5 Å². The van der Waals surface area contributed by atoms with Crippen molar-refractivity contribution >= 4 is 23.3 Å². The number of methoxy groups -OCH3 is 2. The van der Waals surface area contributed by atoms with E-state index in [1.54, 1.807) is 37.4 Å². The van der Waals surface area contributed by atoms with E-state index in [4.69, 9.17) is 25.8 Å². The van der Waals surface area contributed by atoms with Crippen LogP contribution in [-0.4, -0.2) is 33.4 Å². The van der Waals surface area contributed by atoms with Crippen LogP contribution in [0, 0.1) is 11.8 Å². The minimum atomic E-state index is -0.376. The topological polar surface area (TPSA) is 68.8 Å². The second kappa shape index (κ2) is 10.1. The summed E-state index contributed by atoms with van der Waals surface area (Å²) >= 11 is 5.97. The van der Waals surface area contributed by atoms with Crippen LogP contribution in [0.5, 0.6) is 17.2 Å². The normalized spacial score (nSPS) is 9.50. The molecule has 0 unspecified atom stereocenters. The molecule has 0 bridgehead atoms. The van der Waals surface area contributed by atoms with E-state index >= 15 is 0 Å². The molecule has 0 aliphatic rings. The summed E-state index contributed by atoms with van der Waals surface area (Å²) in [7, 11) is 3.08. The molecule has 0 heterocycles. The Kier molecular flexibility index (Phi) is 7.47. The Balaban J connectivity index is 1.75. The van der Waals surface area contributed by atoms with Crippen LogP contribution < -0.4 is 24.8 Å². The standard InChI is InChI=1S/C19H19ClN2O4/c1-24-17-10-9-14(13-18(17)25-2)22-19(23)21-11-5-6-12-26-16-8-4-3-7-15(16)20/h3-4,7-10,13H,11-12H2,1-2H3,(H2,21,22,23). The molecular weight excluding hydrogens is 356 g/mol. The number of amides is 2. The number of urea groups is 1. The van der Waals surface area contributed by atoms with Gasteiger partial charge in [-0.3, -0.25) is 0 Å². The van der Waals surface area contributed by atoms with E-state index < -0.39 is 0 Å². The van der Waals surface area contributed by atoms with E-state index in [0.717, 1.165) is 0 Å². The second-order valence-electron chi connectivity index (χ2n) is 4.95. The first-order valence-corrected chi connectivity index (χ1v) is 8.11. The van der Waals surface area contributed by atoms with Gasteiger partial charge in [0, 0.05) is 11.8 Å². The number of ether oxygens (including phenoxy) is 3. The number of benzene rings is 2. The molecule has 26 heavy (non-hydrogen) atoms. The molecule has 0 aliphatic heterocycles. The van der Waals surface area contributed by atoms with Crippen LogP contribution in [0.3, 0.4) is 0 Å². The molecule has 0 aliphatic carbocycles. The molecule has 2 amide bonds. The molecule has 136 valence electrons. The number of hydrogen-bond donors (Lipinski definition) is 2. The fourth-order valence-electron chi connectivity index (χ4n) is 2.00. The van der Waals surface area contributed by atoms with Crippen molar-refractivity contribution < 1.29 is 19.0 Å². The molecule has 6 nitrogen and oxygen atoms in total. The Bertz CT molecular complexity index is 815. The van der Waals surface area contributed by atoms with Gasteiger partial charge in [-0.2, -0.15) is 0 Å². The maximum atomic E-state index is 11.9. The fraction of sp³-hybridized carbons (Fsp3) is 0.211. The van der Waals surface area contributed by atoms with E-state index in [1.165, 1.54) is 7.11 Å². The summed E-state index contributed by atoms with van der Waals surface area (Å²) < 4.78 is 15.8. The highest BCUT2D eigenvalue weighted by molar-refractivity contribution is 6.32. The van der Waals surface area contributed by atoms with Crippen molar-refractivity contribution in [2.45, 2.75) is 0 Å². The average molecular weight is 375 g/mol. The van der Waals surface area contributed by atoms with Gasteiger partial charge in [-0.1, -0.05) is 35.6 Å². The summed E-state index contributed by atoms with van der Waals surface area (Å²) in [5.41, 5.74) is 0.579. The molecule has 0 fully saturated rings. The lowest BCUT2D eigenvalue weighted by Crippen LogP contribution is -2.28. The number of anilines is 1. The second-order valence-corrected chi connectivity index (χ2v) is 5.36. The van der Waals surface area contributed by atoms with Gasteiger partial charge >= 0.3 is 6.03 Å². The van der Waals surface area contributed by atoms with E-state index in [0.29, 0.717) is 28.0 Å². The maximum absolute atomic E-state index is 11.9. The van der Waals surface area contributed by atoms with Gasteiger partial charge < -0.3 is 24.8 Å². The Morgan fingerprint density at radius 2 is 1.81 bits per heavy atom. The Hall–Kier alpha value is -3.04. The third kappa shape index (κ3) is 5.80. The average Bonchev–Trinajstić information content (AvgIpc) is 2.65. The zero-order valence-corrected chi connectivity index (χ0v) is 15.2. The predicted octanol–water partition coefficient (Wildman–Crippen LogP) is 3.56. The highest BCUT2D eigenvalue weighted by Crippen LogP contribution is 2.29. The van der Waals surface area contributed by atoms with Gasteiger partial charge in [0.15, 0.2) is 11.5 Å². The zero-order chi connectivity index (χ0) is 18.8. The first kappa shape index (κ1) is 19.3. The molecule has 0 saturated carbocycles. The quantitative estimate of drug-likeness (QED) is 0.758. The van der Waals surface area contributed by atoms with Crippen LogP contribution in [0.1, 0.15) is 0 Å². The van der Waals surface area contributed by atoms with Crippen molar-refractivity contribution in [2.75, 3.05) is 32.7 Å². The van der Waals surface area contributed by atoms with Crippen LogP contribution in [0.25, 0.3) is 0 Å². The number of hydrogen-bond acceptors (Lipinski definition) is 4. The number of carbonyl (C=O) groups excluding carboxylic acids is 1. The molecule has 0 aromatic heterocycles. The Labute approximate surface area is 157 Å². The number of rotatable bonds is 6. The van der Waals surface area contributed by atoms with Gasteiger partial charge in [-0.25, -0.2) is 4.79 Å². The molecule has 0 radical (unpaired) electrons. The lowest BCUT2D eigenvalue weighted by Gasteiger charge is -2.10. The number of carbonyl (C=O) groups is 1. The molecule has 2 rings (SSSR count). The first-order chi connectivity index (χ1) is 12.6. The summed E-state index contributed by atoms with van der Waals surface area (Å²) in [6.45, 7) is 0.369. The minimum absolute atomic E-state index is 0.183. The molecule has 2 N–H and O–H groups in total. The van der Waals surface area contributed by atoms with Crippen molar-refractivity contribution in [1.29, 1.82) is 0 Å². The van der Waals surface area contributed by atoms with Crippen molar-refractivity contribution in [1.82, 2.24) is 5.32 Å². The fourth-order valence-corrected chi connectivity index (χ4v) is 2.19. The van der Waals surface area contributed by atoms with Crippen LogP contribution >= 0.6 is 11.6 Å². The largest absolute Gasteiger partial charge is 0.493 e. The summed E-state index contributed by atoms with van der Waals surface area (Å²) in [6, 6.07) is 11.9. The summed E-state index contributed by atoms with van der Waals surface area (Å²) in [5.74, 6) is 7.29. The van der Waals surface area contributed by atoms with E-state index in [-0.39, 0.29) is 19.2 Å². The van der Waals surface area contributed by atoms with Gasteiger partial charge in [0.2, 0.25) is 0 Å². The molecule has 7 heteroatoms. The van der Waals surface area contributed by atoms with Crippen molar-refractivity contribution in [3.63, 3.8) is 0 Å². The van der Waals surface area contributed by atoms with Crippen molar-refractivity contribution in [3.05, 3.63) is 47.5 Å². The van der Waals surface area contributed by atoms with Crippen LogP contribution in [0.2, 0.25) is 5.02 Å². The molecular formula is C19H19ClN2O4. The number of para-hydroxylation sites is 1. The SMILES string of the molecule is COc1ccc(NC(=O)NCC#CCOc2ccccc2Cl)cc1OC. The van der Waals surface area contributed by atoms with E-state index in [1.807, 2.05) is 12.1 Å². The summed E-state index contributed by atoms with van der Waals surface area (Å²) in [5, 5.41) is 5.85. The highest BCUT2D eigenvalue weighted by atomic mass is 35.5. The van der Waals surface area contributed by atoms with Gasteiger partial charge in [-0.15, -0.1) is 0 Å². The first-order valence-electron chi connectivity index (χ1n) is 7.74. The molecule has 0 spiro atoms. The zero-order valence-electron chi connectivity index (χ0n) is 14.5. The third-order valence-electron chi connectivity index (χ3n) is 3.24. The molecule has 0 atom stereocenters. The lowest BCUT2D eigenvalue weighted by molar-refractivity contribution is 0.253. The summed E-state index contributed by atoms with van der Waals surface area (Å²) in [6.07, 6.45) is 0. The van der Waals surface area contributed by atoms with Crippen LogP contribution in [0.4, 0.5) is 10.5 Å². The minimum Gasteiger partial charge on any atom is -0.493 e. The molecule has 2 aromatic rings. The van der Waals surface area contributed by atoms with Gasteiger partial charge in [0.05, 0.1) is 25.8 Å². The predicted molar refractivity (Wildman–Crippen MR) is 101 cm³/mol. The lowest BCUT2D eigenvalue weighted by atomic mass is 10.3. The van der Waals surface area contributed by atoms with Crippen molar-refractivity contribution in [3.8, 4) is 29.1 Å². The van der Waals surface area contributed by atoms with E-state index in [9.17, 15) is 4.79 Å². The monoisotopic (exact) mass is 374 g/mol. The van der Waals surface area contributed by atoms with Gasteiger partial charge in [0.1, 0.15) is 12.4 Å². The Morgan fingerprint density at radius 3 is 2.54 bits per heavy atom.